The van der Waals surface area contributed by atoms with Crippen LogP contribution in [0.3, 0.4) is 0 Å². The van der Waals surface area contributed by atoms with Gasteiger partial charge >= 0.3 is 0 Å². The van der Waals surface area contributed by atoms with Gasteiger partial charge in [0, 0.05) is 36.4 Å². The molecular weight excluding hydrogens is 438 g/mol. The van der Waals surface area contributed by atoms with Gasteiger partial charge in [0.2, 0.25) is 0 Å². The van der Waals surface area contributed by atoms with Gasteiger partial charge in [-0.3, -0.25) is 9.47 Å². The van der Waals surface area contributed by atoms with Crippen LogP contribution in [0.25, 0.3) is 28.5 Å². The summed E-state index contributed by atoms with van der Waals surface area (Å²) in [6.45, 7) is 2.13. The number of fused-ring (bicyclic) bond motifs is 2. The summed E-state index contributed by atoms with van der Waals surface area (Å²) in [5.74, 6) is -1.69. The van der Waals surface area contributed by atoms with Crippen molar-refractivity contribution < 1.29 is 8.78 Å². The van der Waals surface area contributed by atoms with Crippen LogP contribution in [-0.4, -0.2) is 61.9 Å². The van der Waals surface area contributed by atoms with E-state index < -0.39 is 11.6 Å². The summed E-state index contributed by atoms with van der Waals surface area (Å²) in [5.41, 5.74) is 8.93. The van der Waals surface area contributed by atoms with Gasteiger partial charge in [0.25, 0.3) is 0 Å². The highest BCUT2D eigenvalue weighted by molar-refractivity contribution is 5.71. The molecule has 2 saturated heterocycles. The molecule has 172 valence electrons. The lowest BCUT2D eigenvalue weighted by Gasteiger charge is -2.33. The molecule has 2 atom stereocenters. The lowest BCUT2D eigenvalue weighted by Crippen LogP contribution is -2.44. The lowest BCUT2D eigenvalue weighted by molar-refractivity contribution is 0.292. The molecule has 0 saturated carbocycles. The summed E-state index contributed by atoms with van der Waals surface area (Å²) in [5, 5.41) is 7.91. The Labute approximate surface area is 194 Å². The number of aromatic nitrogens is 5. The van der Waals surface area contributed by atoms with Crippen LogP contribution >= 0.6 is 0 Å². The molecule has 2 fully saturated rings. The van der Waals surface area contributed by atoms with E-state index in [1.54, 1.807) is 6.20 Å². The Bertz CT molecular complexity index is 1370. The number of hydrogen-bond donors (Lipinski definition) is 1. The number of likely N-dealkylation sites (N-methyl/N-ethyl adjacent to an activating group) is 1. The predicted octanol–water partition coefficient (Wildman–Crippen LogP) is 3.14. The second kappa shape index (κ2) is 7.84. The van der Waals surface area contributed by atoms with Crippen LogP contribution in [-0.2, 0) is 0 Å². The second-order valence-corrected chi connectivity index (χ2v) is 8.77. The van der Waals surface area contributed by atoms with Crippen LogP contribution in [0.15, 0.2) is 55.0 Å². The van der Waals surface area contributed by atoms with E-state index in [9.17, 15) is 8.78 Å². The number of rotatable bonds is 4. The molecule has 34 heavy (non-hydrogen) atoms. The van der Waals surface area contributed by atoms with Gasteiger partial charge in [0.15, 0.2) is 29.0 Å². The van der Waals surface area contributed by atoms with Crippen LogP contribution in [0.5, 0.6) is 0 Å². The third-order valence-corrected chi connectivity index (χ3v) is 6.76. The Balaban J connectivity index is 1.33. The number of nitrogen functional groups attached to an aromatic ring is 1. The molecule has 2 aromatic carbocycles. The number of piperazine rings is 1. The van der Waals surface area contributed by atoms with E-state index in [1.165, 1.54) is 35.1 Å². The fraction of sp³-hybridized carbons (Fsp3) is 0.250. The van der Waals surface area contributed by atoms with Crippen molar-refractivity contribution in [2.24, 2.45) is 0 Å². The molecule has 8 nitrogen and oxygen atoms in total. The zero-order valence-corrected chi connectivity index (χ0v) is 18.4. The molecule has 2 N–H and O–H groups in total. The minimum Gasteiger partial charge on any atom is -0.382 e. The molecule has 0 aliphatic carbocycles. The first-order valence-corrected chi connectivity index (χ1v) is 11.0. The number of hydrogen-bond acceptors (Lipinski definition) is 7. The minimum absolute atomic E-state index is 0.0403. The summed E-state index contributed by atoms with van der Waals surface area (Å²) in [4.78, 5) is 13.8. The van der Waals surface area contributed by atoms with Gasteiger partial charge in [-0.15, -0.1) is 10.2 Å². The number of nitrogens with zero attached hydrogens (tertiary/aromatic N) is 7. The van der Waals surface area contributed by atoms with Gasteiger partial charge in [-0.05, 0) is 37.7 Å². The van der Waals surface area contributed by atoms with Crippen LogP contribution in [0.1, 0.15) is 6.42 Å². The summed E-state index contributed by atoms with van der Waals surface area (Å²) in [6.07, 6.45) is 4.08. The predicted molar refractivity (Wildman–Crippen MR) is 124 cm³/mol. The van der Waals surface area contributed by atoms with Crippen molar-refractivity contribution in [2.45, 2.75) is 18.5 Å². The highest BCUT2D eigenvalue weighted by atomic mass is 19.2. The van der Waals surface area contributed by atoms with Gasteiger partial charge < -0.3 is 10.6 Å². The standard InChI is InChI=1S/C24H22F2N8/c1-32-11-17-9-16(32)12-33(17)15-7-5-14(6-8-15)19-10-28-23(27)22(30-19)24-31-29-13-34(24)20-4-2-3-18(25)21(20)26/h2-8,10,13,16-17H,9,11-12H2,1H3,(H2,27,28). The van der Waals surface area contributed by atoms with Crippen molar-refractivity contribution in [2.75, 3.05) is 30.8 Å². The highest BCUT2D eigenvalue weighted by Gasteiger charge is 2.41. The van der Waals surface area contributed by atoms with Gasteiger partial charge in [-0.2, -0.15) is 0 Å². The molecule has 2 aromatic heterocycles. The van der Waals surface area contributed by atoms with E-state index >= 15 is 0 Å². The van der Waals surface area contributed by atoms with Gasteiger partial charge in [-0.25, -0.2) is 18.7 Å². The first kappa shape index (κ1) is 20.7. The van der Waals surface area contributed by atoms with Gasteiger partial charge in [0.05, 0.1) is 17.6 Å². The molecule has 4 aromatic rings. The summed E-state index contributed by atoms with van der Waals surface area (Å²) in [6, 6.07) is 13.3. The molecule has 2 aliphatic heterocycles. The fourth-order valence-corrected chi connectivity index (χ4v) is 4.96. The Morgan fingerprint density at radius 2 is 1.85 bits per heavy atom. The first-order chi connectivity index (χ1) is 16.5. The second-order valence-electron chi connectivity index (χ2n) is 8.77. The lowest BCUT2D eigenvalue weighted by atomic mass is 10.1. The Kier molecular flexibility index (Phi) is 4.77. The molecule has 0 spiro atoms. The summed E-state index contributed by atoms with van der Waals surface area (Å²) < 4.78 is 29.5. The number of nitrogens with two attached hydrogens (primary N) is 1. The maximum Gasteiger partial charge on any atom is 0.190 e. The van der Waals surface area contributed by atoms with Crippen molar-refractivity contribution >= 4 is 11.5 Å². The Morgan fingerprint density at radius 1 is 1.03 bits per heavy atom. The number of benzene rings is 2. The van der Waals surface area contributed by atoms with Crippen LogP contribution < -0.4 is 10.6 Å². The Morgan fingerprint density at radius 3 is 2.59 bits per heavy atom. The zero-order valence-electron chi connectivity index (χ0n) is 18.4. The van der Waals surface area contributed by atoms with Crippen molar-refractivity contribution in [3.8, 4) is 28.5 Å². The summed E-state index contributed by atoms with van der Waals surface area (Å²) >= 11 is 0. The van der Waals surface area contributed by atoms with Crippen LogP contribution in [0.4, 0.5) is 20.3 Å². The molecule has 2 aliphatic rings. The van der Waals surface area contributed by atoms with E-state index in [0.717, 1.165) is 24.7 Å². The monoisotopic (exact) mass is 460 g/mol. The average molecular weight is 460 g/mol. The third kappa shape index (κ3) is 3.29. The van der Waals surface area contributed by atoms with Gasteiger partial charge in [-0.1, -0.05) is 18.2 Å². The molecule has 4 heterocycles. The van der Waals surface area contributed by atoms with Crippen molar-refractivity contribution in [1.29, 1.82) is 0 Å². The Hall–Kier alpha value is -3.92. The van der Waals surface area contributed by atoms with E-state index in [0.29, 0.717) is 17.8 Å². The van der Waals surface area contributed by atoms with Crippen molar-refractivity contribution in [1.82, 2.24) is 29.6 Å². The maximum atomic E-state index is 14.4. The quantitative estimate of drug-likeness (QED) is 0.501. The van der Waals surface area contributed by atoms with E-state index in [2.05, 4.69) is 49.1 Å². The van der Waals surface area contributed by atoms with E-state index in [1.807, 2.05) is 12.1 Å². The zero-order chi connectivity index (χ0) is 23.4. The molecular formula is C24H22F2N8. The number of likely N-dealkylation sites (tertiary alicyclic amines) is 1. The van der Waals surface area contributed by atoms with Gasteiger partial charge in [0.1, 0.15) is 6.33 Å². The van der Waals surface area contributed by atoms with Crippen molar-refractivity contribution in [3.05, 3.63) is 66.6 Å². The van der Waals surface area contributed by atoms with Crippen LogP contribution in [0.2, 0.25) is 0 Å². The third-order valence-electron chi connectivity index (χ3n) is 6.76. The topological polar surface area (TPSA) is 89.0 Å². The molecule has 2 bridgehead atoms. The molecule has 2 unspecified atom stereocenters. The molecule has 10 heteroatoms. The van der Waals surface area contributed by atoms with Crippen LogP contribution in [0, 0.1) is 11.6 Å². The maximum absolute atomic E-state index is 14.4. The average Bonchev–Trinajstić information content (AvgIpc) is 3.57. The minimum atomic E-state index is -1.01. The molecule has 0 amide bonds. The van der Waals surface area contributed by atoms with E-state index in [4.69, 9.17) is 5.73 Å². The SMILES string of the molecule is CN1CC2CC1CN2c1ccc(-c2cnc(N)c(-c3nncn3-c3cccc(F)c3F)n2)cc1. The fourth-order valence-electron chi connectivity index (χ4n) is 4.96. The summed E-state index contributed by atoms with van der Waals surface area (Å²) in [7, 11) is 2.19. The largest absolute Gasteiger partial charge is 0.382 e. The normalized spacial score (nSPS) is 19.8. The smallest absolute Gasteiger partial charge is 0.190 e. The van der Waals surface area contributed by atoms with Crippen molar-refractivity contribution in [3.63, 3.8) is 0 Å². The molecule has 6 rings (SSSR count). The highest BCUT2D eigenvalue weighted by Crippen LogP contribution is 2.35. The number of anilines is 2. The first-order valence-electron chi connectivity index (χ1n) is 11.0. The molecule has 0 radical (unpaired) electrons. The number of halogens is 2. The van der Waals surface area contributed by atoms with E-state index in [-0.39, 0.29) is 23.0 Å².